The quantitative estimate of drug-likeness (QED) is 0.877. The van der Waals surface area contributed by atoms with Crippen LogP contribution in [0.25, 0.3) is 0 Å². The van der Waals surface area contributed by atoms with E-state index in [1.807, 2.05) is 18.3 Å². The van der Waals surface area contributed by atoms with E-state index in [1.165, 1.54) is 18.1 Å². The van der Waals surface area contributed by atoms with E-state index in [-0.39, 0.29) is 10.8 Å². The van der Waals surface area contributed by atoms with Crippen molar-refractivity contribution < 1.29 is 4.39 Å². The molecule has 1 fully saturated rings. The van der Waals surface area contributed by atoms with Gasteiger partial charge in [0, 0.05) is 32.0 Å². The second-order valence-electron chi connectivity index (χ2n) is 6.14. The second kappa shape index (κ2) is 7.86. The zero-order chi connectivity index (χ0) is 16.1. The Kier molecular flexibility index (Phi) is 5.60. The summed E-state index contributed by atoms with van der Waals surface area (Å²) >= 11 is 5.91. The summed E-state index contributed by atoms with van der Waals surface area (Å²) in [6.07, 6.45) is 4.89. The van der Waals surface area contributed by atoms with Gasteiger partial charge in [0.25, 0.3) is 0 Å². The molecule has 0 bridgehead atoms. The van der Waals surface area contributed by atoms with Gasteiger partial charge in [-0.3, -0.25) is 9.88 Å². The number of pyridine rings is 1. The number of hydrogen-bond donors (Lipinski definition) is 1. The number of nitrogens with zero attached hydrogens (tertiary/aromatic N) is 2. The molecule has 0 radical (unpaired) electrons. The van der Waals surface area contributed by atoms with E-state index in [0.29, 0.717) is 5.92 Å². The van der Waals surface area contributed by atoms with Crippen LogP contribution < -0.4 is 5.32 Å². The van der Waals surface area contributed by atoms with E-state index in [9.17, 15) is 4.39 Å². The molecule has 1 aromatic heterocycles. The first-order valence-electron chi connectivity index (χ1n) is 7.96. The Bertz CT molecular complexity index is 629. The standard InChI is InChI=1S/C18H21ClFN3/c19-17-8-14(3-4-18(17)20)11-23(13-16-5-7-22-10-16)12-15-2-1-6-21-9-15/h1-4,6,8-9,16,22H,5,7,10-13H2. The van der Waals surface area contributed by atoms with Gasteiger partial charge in [-0.05, 0) is 54.8 Å². The molecule has 1 unspecified atom stereocenters. The van der Waals surface area contributed by atoms with Crippen LogP contribution in [0, 0.1) is 11.7 Å². The Morgan fingerprint density at radius 1 is 1.26 bits per heavy atom. The molecular formula is C18H21ClFN3. The second-order valence-corrected chi connectivity index (χ2v) is 6.55. The highest BCUT2D eigenvalue weighted by molar-refractivity contribution is 6.30. The van der Waals surface area contributed by atoms with Gasteiger partial charge in [-0.1, -0.05) is 23.7 Å². The van der Waals surface area contributed by atoms with Crippen LogP contribution in [0.3, 0.4) is 0 Å². The zero-order valence-electron chi connectivity index (χ0n) is 13.0. The van der Waals surface area contributed by atoms with Gasteiger partial charge in [-0.15, -0.1) is 0 Å². The molecule has 1 aliphatic rings. The Hall–Kier alpha value is -1.49. The van der Waals surface area contributed by atoms with Crippen molar-refractivity contribution in [3.8, 4) is 0 Å². The van der Waals surface area contributed by atoms with Gasteiger partial charge in [-0.2, -0.15) is 0 Å². The average molecular weight is 334 g/mol. The normalized spacial score (nSPS) is 17.8. The maximum Gasteiger partial charge on any atom is 0.141 e. The van der Waals surface area contributed by atoms with E-state index in [1.54, 1.807) is 12.3 Å². The van der Waals surface area contributed by atoms with Gasteiger partial charge < -0.3 is 5.32 Å². The van der Waals surface area contributed by atoms with Gasteiger partial charge in [0.05, 0.1) is 5.02 Å². The lowest BCUT2D eigenvalue weighted by atomic mass is 10.1. The van der Waals surface area contributed by atoms with Gasteiger partial charge in [0.15, 0.2) is 0 Å². The SMILES string of the molecule is Fc1ccc(CN(Cc2cccnc2)CC2CCNC2)cc1Cl. The minimum absolute atomic E-state index is 0.186. The van der Waals surface area contributed by atoms with E-state index in [2.05, 4.69) is 21.3 Å². The molecule has 1 saturated heterocycles. The highest BCUT2D eigenvalue weighted by Gasteiger charge is 2.19. The van der Waals surface area contributed by atoms with E-state index < -0.39 is 0 Å². The molecule has 2 heterocycles. The first kappa shape index (κ1) is 16.4. The molecule has 3 nitrogen and oxygen atoms in total. The summed E-state index contributed by atoms with van der Waals surface area (Å²) in [5.41, 5.74) is 2.22. The lowest BCUT2D eigenvalue weighted by molar-refractivity contribution is 0.220. The molecule has 23 heavy (non-hydrogen) atoms. The van der Waals surface area contributed by atoms with Crippen molar-refractivity contribution in [3.63, 3.8) is 0 Å². The van der Waals surface area contributed by atoms with Crippen molar-refractivity contribution >= 4 is 11.6 Å². The van der Waals surface area contributed by atoms with Crippen LogP contribution in [0.5, 0.6) is 0 Å². The fraction of sp³-hybridized carbons (Fsp3) is 0.389. The highest BCUT2D eigenvalue weighted by atomic mass is 35.5. The molecule has 3 rings (SSSR count). The summed E-state index contributed by atoms with van der Waals surface area (Å²) in [6.45, 7) is 4.75. The van der Waals surface area contributed by atoms with E-state index in [4.69, 9.17) is 11.6 Å². The van der Waals surface area contributed by atoms with Gasteiger partial charge in [-0.25, -0.2) is 4.39 Å². The zero-order valence-corrected chi connectivity index (χ0v) is 13.8. The maximum absolute atomic E-state index is 13.3. The molecule has 0 aliphatic carbocycles. The number of benzene rings is 1. The van der Waals surface area contributed by atoms with Crippen molar-refractivity contribution in [1.82, 2.24) is 15.2 Å². The topological polar surface area (TPSA) is 28.2 Å². The smallest absolute Gasteiger partial charge is 0.141 e. The summed E-state index contributed by atoms with van der Waals surface area (Å²) in [7, 11) is 0. The van der Waals surface area contributed by atoms with Crippen LogP contribution in [0.2, 0.25) is 5.02 Å². The summed E-state index contributed by atoms with van der Waals surface area (Å²) < 4.78 is 13.3. The Labute approximate surface area is 141 Å². The van der Waals surface area contributed by atoms with Crippen LogP contribution >= 0.6 is 11.6 Å². The first-order valence-corrected chi connectivity index (χ1v) is 8.34. The van der Waals surface area contributed by atoms with Gasteiger partial charge >= 0.3 is 0 Å². The molecular weight excluding hydrogens is 313 g/mol. The molecule has 1 aliphatic heterocycles. The third kappa shape index (κ3) is 4.74. The van der Waals surface area contributed by atoms with Crippen LogP contribution in [-0.2, 0) is 13.1 Å². The minimum Gasteiger partial charge on any atom is -0.316 e. The lowest BCUT2D eigenvalue weighted by Gasteiger charge is -2.25. The first-order chi connectivity index (χ1) is 11.2. The van der Waals surface area contributed by atoms with E-state index in [0.717, 1.165) is 38.3 Å². The van der Waals surface area contributed by atoms with Crippen LogP contribution in [0.15, 0.2) is 42.7 Å². The molecule has 1 atom stereocenters. The third-order valence-corrected chi connectivity index (χ3v) is 4.49. The lowest BCUT2D eigenvalue weighted by Crippen LogP contribution is -2.30. The predicted octanol–water partition coefficient (Wildman–Crippen LogP) is 3.49. The molecule has 0 amide bonds. The largest absolute Gasteiger partial charge is 0.316 e. The molecule has 5 heteroatoms. The number of rotatable bonds is 6. The van der Waals surface area contributed by atoms with Gasteiger partial charge in [0.2, 0.25) is 0 Å². The summed E-state index contributed by atoms with van der Waals surface area (Å²) in [5, 5.41) is 3.60. The van der Waals surface area contributed by atoms with Crippen molar-refractivity contribution in [3.05, 3.63) is 64.7 Å². The Balaban J connectivity index is 1.71. The molecule has 0 saturated carbocycles. The van der Waals surface area contributed by atoms with Crippen molar-refractivity contribution in [1.29, 1.82) is 0 Å². The molecule has 1 aromatic carbocycles. The number of hydrogen-bond acceptors (Lipinski definition) is 3. The number of aromatic nitrogens is 1. The maximum atomic E-state index is 13.3. The molecule has 0 spiro atoms. The van der Waals surface area contributed by atoms with Crippen molar-refractivity contribution in [2.24, 2.45) is 5.92 Å². The molecule has 2 aromatic rings. The Morgan fingerprint density at radius 3 is 2.83 bits per heavy atom. The van der Waals surface area contributed by atoms with Crippen LogP contribution in [0.1, 0.15) is 17.5 Å². The highest BCUT2D eigenvalue weighted by Crippen LogP contribution is 2.20. The van der Waals surface area contributed by atoms with Gasteiger partial charge in [0.1, 0.15) is 5.82 Å². The van der Waals surface area contributed by atoms with Crippen LogP contribution in [0.4, 0.5) is 4.39 Å². The van der Waals surface area contributed by atoms with Crippen molar-refractivity contribution in [2.75, 3.05) is 19.6 Å². The third-order valence-electron chi connectivity index (χ3n) is 4.20. The average Bonchev–Trinajstić information content (AvgIpc) is 3.05. The summed E-state index contributed by atoms with van der Waals surface area (Å²) in [5.74, 6) is 0.289. The minimum atomic E-state index is -0.366. The number of halogens is 2. The monoisotopic (exact) mass is 333 g/mol. The van der Waals surface area contributed by atoms with E-state index >= 15 is 0 Å². The molecule has 122 valence electrons. The predicted molar refractivity (Wildman–Crippen MR) is 90.7 cm³/mol. The summed E-state index contributed by atoms with van der Waals surface area (Å²) in [6, 6.07) is 9.02. The molecule has 1 N–H and O–H groups in total. The number of nitrogens with one attached hydrogen (secondary N) is 1. The fourth-order valence-electron chi connectivity index (χ4n) is 3.07. The summed E-state index contributed by atoms with van der Waals surface area (Å²) in [4.78, 5) is 6.58. The van der Waals surface area contributed by atoms with Crippen LogP contribution in [-0.4, -0.2) is 29.5 Å². The fourth-order valence-corrected chi connectivity index (χ4v) is 3.27. The Morgan fingerprint density at radius 2 is 2.13 bits per heavy atom. The van der Waals surface area contributed by atoms with Crippen molar-refractivity contribution in [2.45, 2.75) is 19.5 Å².